The van der Waals surface area contributed by atoms with E-state index in [4.69, 9.17) is 0 Å². The third-order valence-electron chi connectivity index (χ3n) is 3.21. The van der Waals surface area contributed by atoms with Crippen molar-refractivity contribution in [2.45, 2.75) is 13.8 Å². The van der Waals surface area contributed by atoms with Gasteiger partial charge >= 0.3 is 0 Å². The van der Waals surface area contributed by atoms with Crippen molar-refractivity contribution >= 4 is 11.9 Å². The fraction of sp³-hybridized carbons (Fsp3) is 0.125. The first-order valence-electron chi connectivity index (χ1n) is 6.20. The second-order valence-electron chi connectivity index (χ2n) is 4.77. The van der Waals surface area contributed by atoms with E-state index in [0.717, 1.165) is 34.3 Å². The van der Waals surface area contributed by atoms with E-state index in [1.807, 2.05) is 60.8 Å². The molecule has 1 aromatic carbocycles. The molecular formula is C16H14N2O. The lowest BCUT2D eigenvalue weighted by Crippen LogP contribution is -1.93. The molecule has 0 radical (unpaired) electrons. The molecule has 2 aromatic heterocycles. The van der Waals surface area contributed by atoms with Gasteiger partial charge in [0.2, 0.25) is 0 Å². The highest BCUT2D eigenvalue weighted by Gasteiger charge is 2.13. The zero-order valence-electron chi connectivity index (χ0n) is 10.9. The van der Waals surface area contributed by atoms with Crippen LogP contribution in [0.2, 0.25) is 0 Å². The monoisotopic (exact) mass is 250 g/mol. The molecule has 0 aliphatic rings. The summed E-state index contributed by atoms with van der Waals surface area (Å²) in [6.07, 6.45) is 2.81. The van der Waals surface area contributed by atoms with Gasteiger partial charge in [-0.2, -0.15) is 0 Å². The zero-order chi connectivity index (χ0) is 13.4. The summed E-state index contributed by atoms with van der Waals surface area (Å²) >= 11 is 0. The molecule has 3 aromatic rings. The van der Waals surface area contributed by atoms with Crippen LogP contribution in [-0.2, 0) is 0 Å². The van der Waals surface area contributed by atoms with E-state index in [2.05, 4.69) is 4.98 Å². The number of aldehydes is 1. The molecule has 0 aliphatic heterocycles. The second-order valence-corrected chi connectivity index (χ2v) is 4.77. The van der Waals surface area contributed by atoms with Gasteiger partial charge in [0.25, 0.3) is 0 Å². The quantitative estimate of drug-likeness (QED) is 0.653. The molecular weight excluding hydrogens is 236 g/mol. The number of hydrogen-bond donors (Lipinski definition) is 0. The number of carbonyl (C=O) groups excluding carboxylic acids is 1. The first-order chi connectivity index (χ1) is 9.19. The Morgan fingerprint density at radius 3 is 2.68 bits per heavy atom. The lowest BCUT2D eigenvalue weighted by atomic mass is 10.1. The van der Waals surface area contributed by atoms with Gasteiger partial charge in [0.1, 0.15) is 17.0 Å². The number of aromatic nitrogens is 2. The van der Waals surface area contributed by atoms with Crippen molar-refractivity contribution in [1.29, 1.82) is 0 Å². The lowest BCUT2D eigenvalue weighted by molar-refractivity contribution is 0.111. The largest absolute Gasteiger partial charge is 0.296 e. The van der Waals surface area contributed by atoms with Crippen LogP contribution in [0, 0.1) is 13.8 Å². The van der Waals surface area contributed by atoms with E-state index in [0.29, 0.717) is 5.69 Å². The molecule has 2 heterocycles. The van der Waals surface area contributed by atoms with Crippen LogP contribution in [0.3, 0.4) is 0 Å². The fourth-order valence-corrected chi connectivity index (χ4v) is 2.29. The molecule has 0 bridgehead atoms. The van der Waals surface area contributed by atoms with Crippen LogP contribution in [0.5, 0.6) is 0 Å². The number of pyridine rings is 1. The van der Waals surface area contributed by atoms with E-state index >= 15 is 0 Å². The third-order valence-corrected chi connectivity index (χ3v) is 3.21. The average Bonchev–Trinajstić information content (AvgIpc) is 2.76. The summed E-state index contributed by atoms with van der Waals surface area (Å²) in [5.74, 6) is 0. The van der Waals surface area contributed by atoms with E-state index in [9.17, 15) is 4.79 Å². The molecule has 0 saturated carbocycles. The van der Waals surface area contributed by atoms with Crippen molar-refractivity contribution in [2.75, 3.05) is 0 Å². The van der Waals surface area contributed by atoms with Crippen LogP contribution < -0.4 is 0 Å². The molecule has 94 valence electrons. The number of aryl methyl sites for hydroxylation is 2. The lowest BCUT2D eigenvalue weighted by Gasteiger charge is -2.00. The maximum absolute atomic E-state index is 11.4. The summed E-state index contributed by atoms with van der Waals surface area (Å²) in [7, 11) is 0. The van der Waals surface area contributed by atoms with Crippen molar-refractivity contribution in [3.05, 3.63) is 59.4 Å². The number of rotatable bonds is 2. The molecule has 0 spiro atoms. The van der Waals surface area contributed by atoms with Crippen LogP contribution in [0.15, 0.2) is 42.6 Å². The standard InChI is InChI=1S/C16H14N2O/c1-11-4-3-5-13(8-11)16-14(10-19)18-9-12(2)6-7-15(18)17-16/h3-10H,1-2H3. The molecule has 19 heavy (non-hydrogen) atoms. The Kier molecular flexibility index (Phi) is 2.67. The van der Waals surface area contributed by atoms with Crippen molar-refractivity contribution in [3.63, 3.8) is 0 Å². The van der Waals surface area contributed by atoms with Gasteiger partial charge in [-0.1, -0.05) is 29.8 Å². The SMILES string of the molecule is Cc1cccc(-c2nc3ccc(C)cn3c2C=O)c1. The smallest absolute Gasteiger partial charge is 0.169 e. The average molecular weight is 250 g/mol. The van der Waals surface area contributed by atoms with Crippen molar-refractivity contribution < 1.29 is 4.79 Å². The molecule has 0 unspecified atom stereocenters. The molecule has 3 rings (SSSR count). The summed E-state index contributed by atoms with van der Waals surface area (Å²) < 4.78 is 1.85. The number of nitrogens with zero attached hydrogens (tertiary/aromatic N) is 2. The van der Waals surface area contributed by atoms with Gasteiger partial charge in [-0.25, -0.2) is 4.98 Å². The Morgan fingerprint density at radius 1 is 1.11 bits per heavy atom. The topological polar surface area (TPSA) is 34.4 Å². The number of benzene rings is 1. The van der Waals surface area contributed by atoms with Gasteiger partial charge in [0.05, 0.1) is 0 Å². The summed E-state index contributed by atoms with van der Waals surface area (Å²) in [4.78, 5) is 16.0. The van der Waals surface area contributed by atoms with E-state index in [-0.39, 0.29) is 0 Å². The second kappa shape index (κ2) is 4.35. The minimum atomic E-state index is 0.601. The third kappa shape index (κ3) is 1.93. The summed E-state index contributed by atoms with van der Waals surface area (Å²) in [5, 5.41) is 0. The van der Waals surface area contributed by atoms with E-state index in [1.54, 1.807) is 0 Å². The van der Waals surface area contributed by atoms with Crippen molar-refractivity contribution in [2.24, 2.45) is 0 Å². The molecule has 0 N–H and O–H groups in total. The van der Waals surface area contributed by atoms with Crippen molar-refractivity contribution in [1.82, 2.24) is 9.38 Å². The summed E-state index contributed by atoms with van der Waals surface area (Å²) in [6.45, 7) is 4.03. The Balaban J connectivity index is 2.32. The van der Waals surface area contributed by atoms with Crippen LogP contribution in [0.1, 0.15) is 21.6 Å². The Hall–Kier alpha value is -2.42. The van der Waals surface area contributed by atoms with Gasteiger partial charge in [0.15, 0.2) is 6.29 Å². The normalized spacial score (nSPS) is 10.8. The Bertz CT molecular complexity index is 772. The van der Waals surface area contributed by atoms with Gasteiger partial charge in [-0.15, -0.1) is 0 Å². The number of imidazole rings is 1. The van der Waals surface area contributed by atoms with E-state index in [1.165, 1.54) is 0 Å². The van der Waals surface area contributed by atoms with Crippen LogP contribution in [0.4, 0.5) is 0 Å². The number of hydrogen-bond acceptors (Lipinski definition) is 2. The van der Waals surface area contributed by atoms with Crippen LogP contribution >= 0.6 is 0 Å². The molecule has 0 aliphatic carbocycles. The van der Waals surface area contributed by atoms with E-state index < -0.39 is 0 Å². The number of fused-ring (bicyclic) bond motifs is 1. The molecule has 0 saturated heterocycles. The first kappa shape index (κ1) is 11.7. The zero-order valence-corrected chi connectivity index (χ0v) is 10.9. The van der Waals surface area contributed by atoms with Crippen LogP contribution in [0.25, 0.3) is 16.9 Å². The minimum absolute atomic E-state index is 0.601. The molecule has 0 atom stereocenters. The summed E-state index contributed by atoms with van der Waals surface area (Å²) in [6, 6.07) is 12.0. The van der Waals surface area contributed by atoms with Gasteiger partial charge in [-0.3, -0.25) is 9.20 Å². The highest BCUT2D eigenvalue weighted by atomic mass is 16.1. The van der Waals surface area contributed by atoms with Gasteiger partial charge in [-0.05, 0) is 31.5 Å². The maximum atomic E-state index is 11.4. The van der Waals surface area contributed by atoms with Crippen molar-refractivity contribution in [3.8, 4) is 11.3 Å². The first-order valence-corrected chi connectivity index (χ1v) is 6.20. The molecule has 3 heteroatoms. The van der Waals surface area contributed by atoms with Crippen LogP contribution in [-0.4, -0.2) is 15.7 Å². The maximum Gasteiger partial charge on any atom is 0.169 e. The minimum Gasteiger partial charge on any atom is -0.296 e. The molecule has 3 nitrogen and oxygen atoms in total. The molecule has 0 amide bonds. The predicted octanol–water partition coefficient (Wildman–Crippen LogP) is 3.43. The fourth-order valence-electron chi connectivity index (χ4n) is 2.29. The predicted molar refractivity (Wildman–Crippen MR) is 75.5 cm³/mol. The summed E-state index contributed by atoms with van der Waals surface area (Å²) in [5.41, 5.74) is 5.37. The Labute approximate surface area is 111 Å². The Morgan fingerprint density at radius 2 is 1.95 bits per heavy atom. The molecule has 0 fully saturated rings. The highest BCUT2D eigenvalue weighted by molar-refractivity contribution is 5.86. The highest BCUT2D eigenvalue weighted by Crippen LogP contribution is 2.24. The number of carbonyl (C=O) groups is 1. The van der Waals surface area contributed by atoms with Gasteiger partial charge in [0, 0.05) is 11.8 Å². The van der Waals surface area contributed by atoms with Gasteiger partial charge < -0.3 is 0 Å².